The number of ether oxygens (including phenoxy) is 2. The molecule has 1 aromatic heterocycles. The maximum absolute atomic E-state index is 5.97. The van der Waals surface area contributed by atoms with E-state index in [1.165, 1.54) is 16.6 Å². The summed E-state index contributed by atoms with van der Waals surface area (Å²) in [5, 5.41) is 1.23. The summed E-state index contributed by atoms with van der Waals surface area (Å²) in [6.07, 6.45) is 0. The minimum absolute atomic E-state index is 0.562. The summed E-state index contributed by atoms with van der Waals surface area (Å²) >= 11 is 0. The molecule has 0 bridgehead atoms. The predicted octanol–water partition coefficient (Wildman–Crippen LogP) is 5.28. The summed E-state index contributed by atoms with van der Waals surface area (Å²) in [4.78, 5) is 0. The molecular formula is C21H25NO2. The van der Waals surface area contributed by atoms with E-state index in [1.807, 2.05) is 43.3 Å². The van der Waals surface area contributed by atoms with Gasteiger partial charge in [-0.15, -0.1) is 0 Å². The molecule has 24 heavy (non-hydrogen) atoms. The molecule has 0 saturated carbocycles. The van der Waals surface area contributed by atoms with Gasteiger partial charge in [-0.2, -0.15) is 0 Å². The molecule has 0 atom stereocenters. The van der Waals surface area contributed by atoms with Gasteiger partial charge in [0.2, 0.25) is 0 Å². The van der Waals surface area contributed by atoms with Crippen molar-refractivity contribution in [1.82, 2.24) is 4.57 Å². The maximum Gasteiger partial charge on any atom is 0.128 e. The Morgan fingerprint density at radius 3 is 2.42 bits per heavy atom. The Kier molecular flexibility index (Phi) is 5.09. The fourth-order valence-electron chi connectivity index (χ4n) is 2.92. The fourth-order valence-corrected chi connectivity index (χ4v) is 2.92. The summed E-state index contributed by atoms with van der Waals surface area (Å²) in [6.45, 7) is 8.69. The molecule has 126 valence electrons. The number of rotatable bonds is 7. The van der Waals surface area contributed by atoms with Gasteiger partial charge in [0.1, 0.15) is 18.1 Å². The molecule has 0 radical (unpaired) electrons. The van der Waals surface area contributed by atoms with Gasteiger partial charge in [0.15, 0.2) is 0 Å². The molecule has 0 aliphatic rings. The second-order valence-electron chi connectivity index (χ2n) is 6.40. The molecule has 0 spiro atoms. The van der Waals surface area contributed by atoms with Gasteiger partial charge in [0.25, 0.3) is 0 Å². The molecule has 0 aliphatic carbocycles. The maximum atomic E-state index is 5.97. The largest absolute Gasteiger partial charge is 0.494 e. The summed E-state index contributed by atoms with van der Waals surface area (Å²) < 4.78 is 14.0. The standard InChI is InChI=1S/C21H25NO2/c1-4-23-20-11-10-17-12-18(15-24-19-8-6-5-7-9-19)22(14-16(2)3)21(17)13-20/h5-13,16H,4,14-15H2,1-3H3. The third-order valence-corrected chi connectivity index (χ3v) is 3.95. The highest BCUT2D eigenvalue weighted by Crippen LogP contribution is 2.26. The van der Waals surface area contributed by atoms with E-state index in [1.54, 1.807) is 0 Å². The number of nitrogens with zero attached hydrogens (tertiary/aromatic N) is 1. The van der Waals surface area contributed by atoms with Gasteiger partial charge in [-0.3, -0.25) is 0 Å². The van der Waals surface area contributed by atoms with E-state index in [4.69, 9.17) is 9.47 Å². The van der Waals surface area contributed by atoms with Crippen LogP contribution in [0.15, 0.2) is 54.6 Å². The molecule has 0 N–H and O–H groups in total. The van der Waals surface area contributed by atoms with Crippen molar-refractivity contribution in [1.29, 1.82) is 0 Å². The van der Waals surface area contributed by atoms with Crippen molar-refractivity contribution in [2.45, 2.75) is 33.9 Å². The molecule has 0 saturated heterocycles. The zero-order chi connectivity index (χ0) is 16.9. The van der Waals surface area contributed by atoms with E-state index in [2.05, 4.69) is 36.6 Å². The van der Waals surface area contributed by atoms with Gasteiger partial charge < -0.3 is 14.0 Å². The summed E-state index contributed by atoms with van der Waals surface area (Å²) in [7, 11) is 0. The highest BCUT2D eigenvalue weighted by atomic mass is 16.5. The molecule has 3 aromatic rings. The lowest BCUT2D eigenvalue weighted by atomic mass is 10.2. The summed E-state index contributed by atoms with van der Waals surface area (Å²) in [5.41, 5.74) is 2.40. The van der Waals surface area contributed by atoms with E-state index in [-0.39, 0.29) is 0 Å². The third kappa shape index (κ3) is 3.73. The SMILES string of the molecule is CCOc1ccc2cc(COc3ccccc3)n(CC(C)C)c2c1. The van der Waals surface area contributed by atoms with E-state index >= 15 is 0 Å². The Bertz CT molecular complexity index is 790. The molecule has 0 aliphatic heterocycles. The smallest absolute Gasteiger partial charge is 0.128 e. The fraction of sp³-hybridized carbons (Fsp3) is 0.333. The van der Waals surface area contributed by atoms with Gasteiger partial charge in [-0.1, -0.05) is 32.0 Å². The van der Waals surface area contributed by atoms with Crippen LogP contribution in [0.4, 0.5) is 0 Å². The van der Waals surface area contributed by atoms with Gasteiger partial charge in [-0.05, 0) is 43.2 Å². The van der Waals surface area contributed by atoms with Crippen LogP contribution in [0.25, 0.3) is 10.9 Å². The van der Waals surface area contributed by atoms with Crippen LogP contribution in [0.3, 0.4) is 0 Å². The molecule has 3 nitrogen and oxygen atoms in total. The number of benzene rings is 2. The van der Waals surface area contributed by atoms with Gasteiger partial charge in [-0.25, -0.2) is 0 Å². The minimum atomic E-state index is 0.562. The second-order valence-corrected chi connectivity index (χ2v) is 6.40. The van der Waals surface area contributed by atoms with Crippen molar-refractivity contribution in [3.63, 3.8) is 0 Å². The Balaban J connectivity index is 1.93. The lowest BCUT2D eigenvalue weighted by Crippen LogP contribution is -2.10. The Hall–Kier alpha value is -2.42. The van der Waals surface area contributed by atoms with Crippen molar-refractivity contribution in [3.8, 4) is 11.5 Å². The molecular weight excluding hydrogens is 298 g/mol. The van der Waals surface area contributed by atoms with Crippen molar-refractivity contribution >= 4 is 10.9 Å². The second kappa shape index (κ2) is 7.43. The average molecular weight is 323 g/mol. The monoisotopic (exact) mass is 323 g/mol. The molecule has 2 aromatic carbocycles. The lowest BCUT2D eigenvalue weighted by Gasteiger charge is -2.14. The van der Waals surface area contributed by atoms with Crippen LogP contribution in [0.1, 0.15) is 26.5 Å². The zero-order valence-corrected chi connectivity index (χ0v) is 14.7. The van der Waals surface area contributed by atoms with Gasteiger partial charge in [0.05, 0.1) is 17.8 Å². The van der Waals surface area contributed by atoms with Gasteiger partial charge in [0, 0.05) is 18.0 Å². The van der Waals surface area contributed by atoms with Crippen LogP contribution in [-0.4, -0.2) is 11.2 Å². The summed E-state index contributed by atoms with van der Waals surface area (Å²) in [6, 6.07) is 18.5. The number of hydrogen-bond acceptors (Lipinski definition) is 2. The average Bonchev–Trinajstić information content (AvgIpc) is 2.91. The highest BCUT2D eigenvalue weighted by Gasteiger charge is 2.12. The van der Waals surface area contributed by atoms with Crippen LogP contribution in [0.2, 0.25) is 0 Å². The predicted molar refractivity (Wildman–Crippen MR) is 98.7 cm³/mol. The van der Waals surface area contributed by atoms with Crippen molar-refractivity contribution in [3.05, 3.63) is 60.3 Å². The normalized spacial score (nSPS) is 11.2. The molecule has 1 heterocycles. The zero-order valence-electron chi connectivity index (χ0n) is 14.7. The van der Waals surface area contributed by atoms with Gasteiger partial charge >= 0.3 is 0 Å². The first kappa shape index (κ1) is 16.4. The first-order valence-electron chi connectivity index (χ1n) is 8.60. The van der Waals surface area contributed by atoms with Crippen LogP contribution >= 0.6 is 0 Å². The lowest BCUT2D eigenvalue weighted by molar-refractivity contribution is 0.293. The molecule has 0 fully saturated rings. The Morgan fingerprint density at radius 1 is 0.917 bits per heavy atom. The first-order chi connectivity index (χ1) is 11.7. The molecule has 3 rings (SSSR count). The van der Waals surface area contributed by atoms with Crippen molar-refractivity contribution < 1.29 is 9.47 Å². The Morgan fingerprint density at radius 2 is 1.71 bits per heavy atom. The van der Waals surface area contributed by atoms with Crippen molar-refractivity contribution in [2.75, 3.05) is 6.61 Å². The van der Waals surface area contributed by atoms with E-state index < -0.39 is 0 Å². The minimum Gasteiger partial charge on any atom is -0.494 e. The third-order valence-electron chi connectivity index (χ3n) is 3.95. The molecule has 3 heteroatoms. The summed E-state index contributed by atoms with van der Waals surface area (Å²) in [5.74, 6) is 2.38. The molecule has 0 unspecified atom stereocenters. The number of fused-ring (bicyclic) bond motifs is 1. The quantitative estimate of drug-likeness (QED) is 0.591. The Labute approximate surface area is 143 Å². The van der Waals surface area contributed by atoms with Crippen LogP contribution < -0.4 is 9.47 Å². The van der Waals surface area contributed by atoms with Crippen LogP contribution in [-0.2, 0) is 13.2 Å². The van der Waals surface area contributed by atoms with E-state index in [0.717, 1.165) is 18.0 Å². The highest BCUT2D eigenvalue weighted by molar-refractivity contribution is 5.82. The number of para-hydroxylation sites is 1. The topological polar surface area (TPSA) is 23.4 Å². The van der Waals surface area contributed by atoms with E-state index in [0.29, 0.717) is 19.1 Å². The first-order valence-corrected chi connectivity index (χ1v) is 8.60. The van der Waals surface area contributed by atoms with E-state index in [9.17, 15) is 0 Å². The number of hydrogen-bond donors (Lipinski definition) is 0. The molecule has 0 amide bonds. The number of aromatic nitrogens is 1. The van der Waals surface area contributed by atoms with Crippen LogP contribution in [0, 0.1) is 5.92 Å². The van der Waals surface area contributed by atoms with Crippen LogP contribution in [0.5, 0.6) is 11.5 Å². The van der Waals surface area contributed by atoms with Crippen molar-refractivity contribution in [2.24, 2.45) is 5.92 Å².